The maximum absolute atomic E-state index is 12.4. The van der Waals surface area contributed by atoms with Crippen LogP contribution in [0.5, 0.6) is 0 Å². The Hall–Kier alpha value is -1.14. The number of amides is 2. The highest BCUT2D eigenvalue weighted by molar-refractivity contribution is 5.87. The predicted octanol–water partition coefficient (Wildman–Crippen LogP) is -0.308. The van der Waals surface area contributed by atoms with E-state index in [1.807, 2.05) is 0 Å². The summed E-state index contributed by atoms with van der Waals surface area (Å²) < 4.78 is 5.01. The van der Waals surface area contributed by atoms with Gasteiger partial charge in [0.25, 0.3) is 0 Å². The van der Waals surface area contributed by atoms with Gasteiger partial charge in [0.05, 0.1) is 19.2 Å². The summed E-state index contributed by atoms with van der Waals surface area (Å²) in [7, 11) is 4.98. The molecule has 0 aromatic heterocycles. The summed E-state index contributed by atoms with van der Waals surface area (Å²) in [5.41, 5.74) is 0. The van der Waals surface area contributed by atoms with Gasteiger partial charge in [0.15, 0.2) is 0 Å². The molecule has 0 aromatic rings. The Morgan fingerprint density at radius 3 is 2.58 bits per heavy atom. The first-order chi connectivity index (χ1) is 9.06. The number of nitrogens with zero attached hydrogens (tertiary/aromatic N) is 2. The molecule has 0 radical (unpaired) electrons. The number of nitrogens with one attached hydrogen (secondary N) is 1. The number of ether oxygens (including phenoxy) is 1. The Kier molecular flexibility index (Phi) is 6.80. The molecule has 1 fully saturated rings. The third-order valence-electron chi connectivity index (χ3n) is 3.31. The molecule has 1 aliphatic rings. The van der Waals surface area contributed by atoms with E-state index in [0.29, 0.717) is 13.2 Å². The normalized spacial score (nSPS) is 19.0. The zero-order valence-electron chi connectivity index (χ0n) is 12.1. The van der Waals surface area contributed by atoms with Gasteiger partial charge in [-0.1, -0.05) is 6.42 Å². The molecular weight excluding hydrogens is 246 g/mol. The number of methoxy groups -OCH3 is 1. The van der Waals surface area contributed by atoms with E-state index in [0.717, 1.165) is 25.8 Å². The Morgan fingerprint density at radius 1 is 1.32 bits per heavy atom. The summed E-state index contributed by atoms with van der Waals surface area (Å²) in [6, 6.07) is -0.152. The molecule has 0 aromatic carbocycles. The zero-order chi connectivity index (χ0) is 14.3. The lowest BCUT2D eigenvalue weighted by Gasteiger charge is -2.30. The number of rotatable bonds is 6. The lowest BCUT2D eigenvalue weighted by molar-refractivity contribution is -0.141. The van der Waals surface area contributed by atoms with Crippen LogP contribution in [0.1, 0.15) is 19.3 Å². The Bertz CT molecular complexity index is 302. The van der Waals surface area contributed by atoms with Crippen molar-refractivity contribution in [2.75, 3.05) is 47.4 Å². The van der Waals surface area contributed by atoms with Gasteiger partial charge < -0.3 is 19.9 Å². The summed E-state index contributed by atoms with van der Waals surface area (Å²) in [5.74, 6) is -0.0628. The van der Waals surface area contributed by atoms with Gasteiger partial charge in [-0.2, -0.15) is 0 Å². The van der Waals surface area contributed by atoms with Crippen molar-refractivity contribution in [3.05, 3.63) is 0 Å². The van der Waals surface area contributed by atoms with Crippen molar-refractivity contribution in [1.29, 1.82) is 0 Å². The van der Waals surface area contributed by atoms with Gasteiger partial charge in [-0.15, -0.1) is 0 Å². The first-order valence-electron chi connectivity index (χ1n) is 6.77. The molecule has 1 aliphatic heterocycles. The van der Waals surface area contributed by atoms with Gasteiger partial charge >= 0.3 is 0 Å². The van der Waals surface area contributed by atoms with E-state index in [1.54, 1.807) is 26.1 Å². The molecule has 19 heavy (non-hydrogen) atoms. The maximum atomic E-state index is 12.4. The summed E-state index contributed by atoms with van der Waals surface area (Å²) >= 11 is 0. The molecule has 0 saturated carbocycles. The highest BCUT2D eigenvalue weighted by atomic mass is 16.5. The van der Waals surface area contributed by atoms with E-state index in [-0.39, 0.29) is 24.4 Å². The van der Waals surface area contributed by atoms with Crippen molar-refractivity contribution in [2.45, 2.75) is 25.3 Å². The van der Waals surface area contributed by atoms with Crippen molar-refractivity contribution in [3.8, 4) is 0 Å². The number of carbonyl (C=O) groups is 2. The van der Waals surface area contributed by atoms with Crippen molar-refractivity contribution < 1.29 is 14.3 Å². The molecule has 0 spiro atoms. The molecule has 110 valence electrons. The van der Waals surface area contributed by atoms with Gasteiger partial charge in [-0.25, -0.2) is 0 Å². The number of piperidine rings is 1. The number of carbonyl (C=O) groups excluding carboxylic acids is 2. The molecule has 6 nitrogen and oxygen atoms in total. The average Bonchev–Trinajstić information content (AvgIpc) is 2.43. The second-order valence-corrected chi connectivity index (χ2v) is 5.04. The van der Waals surface area contributed by atoms with Gasteiger partial charge in [-0.3, -0.25) is 9.59 Å². The first-order valence-corrected chi connectivity index (χ1v) is 6.77. The Morgan fingerprint density at radius 2 is 2.05 bits per heavy atom. The first kappa shape index (κ1) is 15.9. The van der Waals surface area contributed by atoms with Crippen molar-refractivity contribution in [3.63, 3.8) is 0 Å². The van der Waals surface area contributed by atoms with E-state index >= 15 is 0 Å². The highest BCUT2D eigenvalue weighted by Gasteiger charge is 2.27. The average molecular weight is 271 g/mol. The van der Waals surface area contributed by atoms with Crippen LogP contribution in [0.3, 0.4) is 0 Å². The number of hydrogen-bond donors (Lipinski definition) is 1. The van der Waals surface area contributed by atoms with Crippen LogP contribution in [0, 0.1) is 0 Å². The van der Waals surface area contributed by atoms with Gasteiger partial charge in [-0.05, 0) is 19.4 Å². The molecule has 2 amide bonds. The third-order valence-corrected chi connectivity index (χ3v) is 3.31. The fourth-order valence-electron chi connectivity index (χ4n) is 2.06. The van der Waals surface area contributed by atoms with Crippen LogP contribution >= 0.6 is 0 Å². The van der Waals surface area contributed by atoms with Gasteiger partial charge in [0.1, 0.15) is 0 Å². The fraction of sp³-hybridized carbons (Fsp3) is 0.846. The predicted molar refractivity (Wildman–Crippen MR) is 72.8 cm³/mol. The van der Waals surface area contributed by atoms with Crippen molar-refractivity contribution in [2.24, 2.45) is 0 Å². The maximum Gasteiger partial charge on any atom is 0.241 e. The molecule has 1 heterocycles. The van der Waals surface area contributed by atoms with Crippen LogP contribution in [0.4, 0.5) is 0 Å². The minimum Gasteiger partial charge on any atom is -0.383 e. The second-order valence-electron chi connectivity index (χ2n) is 5.04. The summed E-state index contributed by atoms with van der Waals surface area (Å²) in [6.07, 6.45) is 3.01. The monoisotopic (exact) mass is 271 g/mol. The Balaban J connectivity index is 2.60. The lowest BCUT2D eigenvalue weighted by atomic mass is 10.0. The molecule has 1 atom stereocenters. The second kappa shape index (κ2) is 8.12. The topological polar surface area (TPSA) is 61.9 Å². The number of likely N-dealkylation sites (N-methyl/N-ethyl adjacent to an activating group) is 1. The van der Waals surface area contributed by atoms with Crippen LogP contribution in [0.25, 0.3) is 0 Å². The molecule has 1 unspecified atom stereocenters. The van der Waals surface area contributed by atoms with E-state index in [9.17, 15) is 9.59 Å². The molecule has 6 heteroatoms. The molecule has 1 saturated heterocycles. The molecule has 0 aliphatic carbocycles. The largest absolute Gasteiger partial charge is 0.383 e. The molecular formula is C13H25N3O3. The minimum atomic E-state index is -0.152. The van der Waals surface area contributed by atoms with Crippen LogP contribution < -0.4 is 5.32 Å². The quantitative estimate of drug-likeness (QED) is 0.720. The van der Waals surface area contributed by atoms with E-state index < -0.39 is 0 Å². The van der Waals surface area contributed by atoms with Gasteiger partial charge in [0, 0.05) is 27.7 Å². The molecule has 0 bridgehead atoms. The minimum absolute atomic E-state index is 0.00644. The van der Waals surface area contributed by atoms with E-state index in [4.69, 9.17) is 4.74 Å². The van der Waals surface area contributed by atoms with Crippen LogP contribution in [0.15, 0.2) is 0 Å². The van der Waals surface area contributed by atoms with Gasteiger partial charge in [0.2, 0.25) is 11.8 Å². The van der Waals surface area contributed by atoms with Crippen LogP contribution in [-0.2, 0) is 14.3 Å². The lowest BCUT2D eigenvalue weighted by Crippen LogP contribution is -2.51. The van der Waals surface area contributed by atoms with Crippen LogP contribution in [0.2, 0.25) is 0 Å². The van der Waals surface area contributed by atoms with E-state index in [1.165, 1.54) is 4.90 Å². The summed E-state index contributed by atoms with van der Waals surface area (Å²) in [6.45, 7) is 1.88. The van der Waals surface area contributed by atoms with Crippen molar-refractivity contribution >= 4 is 11.8 Å². The summed E-state index contributed by atoms with van der Waals surface area (Å²) in [5, 5.41) is 3.22. The fourth-order valence-corrected chi connectivity index (χ4v) is 2.06. The van der Waals surface area contributed by atoms with E-state index in [2.05, 4.69) is 5.32 Å². The van der Waals surface area contributed by atoms with Crippen molar-refractivity contribution in [1.82, 2.24) is 15.1 Å². The zero-order valence-corrected chi connectivity index (χ0v) is 12.1. The van der Waals surface area contributed by atoms with Crippen LogP contribution in [-0.4, -0.2) is 75.1 Å². The Labute approximate surface area is 115 Å². The number of hydrogen-bond acceptors (Lipinski definition) is 4. The molecule has 1 N–H and O–H groups in total. The highest BCUT2D eigenvalue weighted by Crippen LogP contribution is 2.10. The third kappa shape index (κ3) is 5.16. The summed E-state index contributed by atoms with van der Waals surface area (Å²) in [4.78, 5) is 27.3. The molecule has 1 rings (SSSR count). The SMILES string of the molecule is COCCN(CC(=O)N(C)C)C(=O)C1CCCCN1. The smallest absolute Gasteiger partial charge is 0.241 e. The standard InChI is InChI=1S/C13H25N3O3/c1-15(2)12(17)10-16(8-9-19-3)13(18)11-6-4-5-7-14-11/h11,14H,4-10H2,1-3H3.